The molecule has 0 aliphatic carbocycles. The molecule has 1 aromatic carbocycles. The van der Waals surface area contributed by atoms with Gasteiger partial charge < -0.3 is 9.64 Å². The number of nitrogens with zero attached hydrogens (tertiary/aromatic N) is 4. The van der Waals surface area contributed by atoms with Gasteiger partial charge in [0.1, 0.15) is 5.56 Å². The third kappa shape index (κ3) is 4.30. The van der Waals surface area contributed by atoms with E-state index in [0.717, 1.165) is 42.9 Å². The van der Waals surface area contributed by atoms with Gasteiger partial charge in [0.2, 0.25) is 0 Å². The lowest BCUT2D eigenvalue weighted by Crippen LogP contribution is -2.46. The highest BCUT2D eigenvalue weighted by Crippen LogP contribution is 2.20. The Bertz CT molecular complexity index is 1190. The summed E-state index contributed by atoms with van der Waals surface area (Å²) in [7, 11) is 0. The van der Waals surface area contributed by atoms with Gasteiger partial charge in [-0.3, -0.25) is 14.1 Å². The van der Waals surface area contributed by atoms with Crippen molar-refractivity contribution in [3.8, 4) is 6.07 Å². The highest BCUT2D eigenvalue weighted by atomic mass is 16.5. The normalized spacial score (nSPS) is 14.4. The van der Waals surface area contributed by atoms with E-state index in [2.05, 4.69) is 15.9 Å². The van der Waals surface area contributed by atoms with Gasteiger partial charge in [-0.2, -0.15) is 5.26 Å². The summed E-state index contributed by atoms with van der Waals surface area (Å²) >= 11 is 0. The van der Waals surface area contributed by atoms with Crippen molar-refractivity contribution in [2.24, 2.45) is 0 Å². The fourth-order valence-corrected chi connectivity index (χ4v) is 3.96. The second-order valence-corrected chi connectivity index (χ2v) is 7.49. The van der Waals surface area contributed by atoms with E-state index in [4.69, 9.17) is 10.00 Å². The predicted octanol–water partition coefficient (Wildman–Crippen LogP) is 2.67. The Hall–Kier alpha value is -3.63. The fraction of sp³-hybridized carbons (Fsp3) is 0.292. The Kier molecular flexibility index (Phi) is 6.01. The molecule has 0 amide bonds. The molecule has 0 unspecified atom stereocenters. The topological polar surface area (TPSA) is 78.1 Å². The Balaban J connectivity index is 1.53. The Morgan fingerprint density at radius 1 is 1.10 bits per heavy atom. The standard InChI is InChI=1S/C24H24N4O3/c1-2-31-24(30)21-15-19(22-5-3-4-10-28(22)23(21)29)17-26-11-13-27(14-12-26)20-8-6-18(16-25)7-9-20/h3-10,15H,2,11-14,17H2,1H3. The average Bonchev–Trinajstić information content (AvgIpc) is 2.81. The summed E-state index contributed by atoms with van der Waals surface area (Å²) < 4.78 is 6.61. The molecule has 4 rings (SSSR count). The summed E-state index contributed by atoms with van der Waals surface area (Å²) in [6.45, 7) is 6.02. The summed E-state index contributed by atoms with van der Waals surface area (Å²) in [4.78, 5) is 29.7. The quantitative estimate of drug-likeness (QED) is 0.595. The number of hydrogen-bond acceptors (Lipinski definition) is 6. The number of nitriles is 1. The summed E-state index contributed by atoms with van der Waals surface area (Å²) in [6, 6.07) is 17.1. The number of rotatable bonds is 5. The smallest absolute Gasteiger partial charge is 0.343 e. The lowest BCUT2D eigenvalue weighted by atomic mass is 10.1. The molecule has 7 nitrogen and oxygen atoms in total. The molecule has 158 valence electrons. The monoisotopic (exact) mass is 416 g/mol. The number of benzene rings is 1. The van der Waals surface area contributed by atoms with Crippen LogP contribution in [0.3, 0.4) is 0 Å². The van der Waals surface area contributed by atoms with E-state index in [0.29, 0.717) is 12.1 Å². The Labute approximate surface area is 180 Å². The summed E-state index contributed by atoms with van der Waals surface area (Å²) in [5, 5.41) is 8.97. The van der Waals surface area contributed by atoms with Crippen LogP contribution in [0.25, 0.3) is 5.52 Å². The van der Waals surface area contributed by atoms with E-state index in [1.54, 1.807) is 25.3 Å². The zero-order chi connectivity index (χ0) is 21.8. The number of anilines is 1. The Morgan fingerprint density at radius 3 is 2.52 bits per heavy atom. The van der Waals surface area contributed by atoms with Crippen molar-refractivity contribution in [2.45, 2.75) is 13.5 Å². The third-order valence-corrected chi connectivity index (χ3v) is 5.58. The van der Waals surface area contributed by atoms with Gasteiger partial charge in [-0.1, -0.05) is 6.07 Å². The number of esters is 1. The van der Waals surface area contributed by atoms with Gasteiger partial charge in [0.25, 0.3) is 5.56 Å². The van der Waals surface area contributed by atoms with Gasteiger partial charge in [0.05, 0.1) is 23.8 Å². The molecule has 0 radical (unpaired) electrons. The van der Waals surface area contributed by atoms with Crippen LogP contribution < -0.4 is 10.5 Å². The molecule has 0 spiro atoms. The van der Waals surface area contributed by atoms with Crippen molar-refractivity contribution in [2.75, 3.05) is 37.7 Å². The molecule has 3 heterocycles. The van der Waals surface area contributed by atoms with Crippen LogP contribution in [0, 0.1) is 11.3 Å². The van der Waals surface area contributed by atoms with Crippen LogP contribution in [0.2, 0.25) is 0 Å². The highest BCUT2D eigenvalue weighted by molar-refractivity contribution is 5.90. The maximum Gasteiger partial charge on any atom is 0.343 e. The van der Waals surface area contributed by atoms with E-state index in [1.807, 2.05) is 36.4 Å². The number of hydrogen-bond donors (Lipinski definition) is 0. The molecule has 0 atom stereocenters. The van der Waals surface area contributed by atoms with Gasteiger partial charge >= 0.3 is 5.97 Å². The number of carbonyl (C=O) groups excluding carboxylic acids is 1. The summed E-state index contributed by atoms with van der Waals surface area (Å²) in [5.74, 6) is -0.586. The molecule has 1 saturated heterocycles. The van der Waals surface area contributed by atoms with Crippen molar-refractivity contribution < 1.29 is 9.53 Å². The molecule has 3 aromatic rings. The van der Waals surface area contributed by atoms with Crippen LogP contribution >= 0.6 is 0 Å². The van der Waals surface area contributed by atoms with Crippen LogP contribution in [0.5, 0.6) is 0 Å². The van der Waals surface area contributed by atoms with Crippen molar-refractivity contribution in [3.63, 3.8) is 0 Å². The lowest BCUT2D eigenvalue weighted by molar-refractivity contribution is 0.0524. The molecule has 1 aliphatic heterocycles. The van der Waals surface area contributed by atoms with E-state index in [1.165, 1.54) is 4.40 Å². The van der Waals surface area contributed by atoms with Crippen molar-refractivity contribution >= 4 is 17.2 Å². The Morgan fingerprint density at radius 2 is 1.84 bits per heavy atom. The number of ether oxygens (including phenoxy) is 1. The average molecular weight is 416 g/mol. The molecule has 1 aliphatic rings. The third-order valence-electron chi connectivity index (χ3n) is 5.58. The molecular formula is C24H24N4O3. The maximum absolute atomic E-state index is 12.8. The highest BCUT2D eigenvalue weighted by Gasteiger charge is 2.21. The molecule has 0 bridgehead atoms. The van der Waals surface area contributed by atoms with E-state index in [9.17, 15) is 9.59 Å². The zero-order valence-corrected chi connectivity index (χ0v) is 17.5. The molecule has 31 heavy (non-hydrogen) atoms. The molecule has 1 fully saturated rings. The first-order valence-electron chi connectivity index (χ1n) is 10.4. The minimum absolute atomic E-state index is 0.0665. The van der Waals surface area contributed by atoms with E-state index < -0.39 is 5.97 Å². The van der Waals surface area contributed by atoms with Crippen molar-refractivity contribution in [1.82, 2.24) is 9.30 Å². The van der Waals surface area contributed by atoms with Gasteiger partial charge in [0, 0.05) is 44.6 Å². The van der Waals surface area contributed by atoms with Crippen molar-refractivity contribution in [1.29, 1.82) is 5.26 Å². The minimum Gasteiger partial charge on any atom is -0.462 e. The second kappa shape index (κ2) is 9.02. The molecular weight excluding hydrogens is 392 g/mol. The second-order valence-electron chi connectivity index (χ2n) is 7.49. The first-order valence-corrected chi connectivity index (χ1v) is 10.4. The predicted molar refractivity (Wildman–Crippen MR) is 118 cm³/mol. The van der Waals surface area contributed by atoms with Gasteiger partial charge in [-0.25, -0.2) is 4.79 Å². The number of piperazine rings is 1. The van der Waals surface area contributed by atoms with E-state index >= 15 is 0 Å². The SMILES string of the molecule is CCOC(=O)c1cc(CN2CCN(c3ccc(C#N)cc3)CC2)c2ccccn2c1=O. The van der Waals surface area contributed by atoms with Crippen LogP contribution in [0.15, 0.2) is 59.5 Å². The van der Waals surface area contributed by atoms with Crippen LogP contribution in [-0.2, 0) is 11.3 Å². The molecule has 0 N–H and O–H groups in total. The fourth-order valence-electron chi connectivity index (χ4n) is 3.96. The number of carbonyl (C=O) groups is 1. The minimum atomic E-state index is -0.586. The van der Waals surface area contributed by atoms with Gasteiger partial charge in [0.15, 0.2) is 0 Å². The molecule has 2 aromatic heterocycles. The number of pyridine rings is 2. The summed E-state index contributed by atoms with van der Waals surface area (Å²) in [6.07, 6.45) is 1.69. The molecule has 7 heteroatoms. The zero-order valence-electron chi connectivity index (χ0n) is 17.5. The maximum atomic E-state index is 12.8. The first-order chi connectivity index (χ1) is 15.1. The summed E-state index contributed by atoms with van der Waals surface area (Å²) in [5.41, 5.74) is 3.20. The van der Waals surface area contributed by atoms with Crippen LogP contribution in [0.4, 0.5) is 5.69 Å². The van der Waals surface area contributed by atoms with E-state index in [-0.39, 0.29) is 17.7 Å². The van der Waals surface area contributed by atoms with Crippen molar-refractivity contribution in [3.05, 3.63) is 81.8 Å². The van der Waals surface area contributed by atoms with Crippen LogP contribution in [0.1, 0.15) is 28.4 Å². The molecule has 0 saturated carbocycles. The lowest BCUT2D eigenvalue weighted by Gasteiger charge is -2.36. The largest absolute Gasteiger partial charge is 0.462 e. The van der Waals surface area contributed by atoms with Gasteiger partial charge in [-0.05, 0) is 55.0 Å². The first kappa shape index (κ1) is 20.6. The number of aromatic nitrogens is 1. The van der Waals surface area contributed by atoms with Crippen LogP contribution in [-0.4, -0.2) is 48.1 Å². The number of fused-ring (bicyclic) bond motifs is 1. The van der Waals surface area contributed by atoms with Gasteiger partial charge in [-0.15, -0.1) is 0 Å².